The molecule has 146 valence electrons. The van der Waals surface area contributed by atoms with Gasteiger partial charge in [-0.15, -0.1) is 0 Å². The summed E-state index contributed by atoms with van der Waals surface area (Å²) in [6, 6.07) is 9.76. The monoisotopic (exact) mass is 401 g/mol. The van der Waals surface area contributed by atoms with Crippen molar-refractivity contribution in [1.29, 1.82) is 0 Å². The molecular weight excluding hydrogens is 382 g/mol. The van der Waals surface area contributed by atoms with Gasteiger partial charge in [-0.05, 0) is 42.0 Å². The Hall–Kier alpha value is -3.25. The number of carbonyl (C=O) groups excluding carboxylic acids is 2. The molecule has 0 fully saturated rings. The molecule has 0 saturated carbocycles. The van der Waals surface area contributed by atoms with Gasteiger partial charge in [-0.25, -0.2) is 4.79 Å². The number of carbonyl (C=O) groups is 2. The Morgan fingerprint density at radius 3 is 2.61 bits per heavy atom. The molecular formula is C21H20ClNO5. The van der Waals surface area contributed by atoms with Crippen LogP contribution in [0.25, 0.3) is 6.08 Å². The third-order valence-electron chi connectivity index (χ3n) is 3.62. The Labute approximate surface area is 168 Å². The molecule has 2 aromatic rings. The molecule has 0 atom stereocenters. The first-order chi connectivity index (χ1) is 13.5. The van der Waals surface area contributed by atoms with Crippen molar-refractivity contribution >= 4 is 35.2 Å². The van der Waals surface area contributed by atoms with Crippen molar-refractivity contribution in [3.05, 3.63) is 71.3 Å². The Balaban J connectivity index is 2.11. The zero-order chi connectivity index (χ0) is 20.5. The topological polar surface area (TPSA) is 73.9 Å². The van der Waals surface area contributed by atoms with Crippen LogP contribution in [0.15, 0.2) is 55.1 Å². The summed E-state index contributed by atoms with van der Waals surface area (Å²) in [4.78, 5) is 23.8. The van der Waals surface area contributed by atoms with Gasteiger partial charge in [0.05, 0.1) is 30.5 Å². The van der Waals surface area contributed by atoms with Crippen molar-refractivity contribution < 1.29 is 23.8 Å². The number of hydrogen-bond acceptors (Lipinski definition) is 5. The Kier molecular flexibility index (Phi) is 7.65. The molecule has 0 saturated heterocycles. The fraction of sp³-hybridized carbons (Fsp3) is 0.143. The highest BCUT2D eigenvalue weighted by Crippen LogP contribution is 2.28. The summed E-state index contributed by atoms with van der Waals surface area (Å²) in [7, 11) is 2.81. The van der Waals surface area contributed by atoms with Gasteiger partial charge < -0.3 is 19.5 Å². The molecule has 0 radical (unpaired) electrons. The van der Waals surface area contributed by atoms with Crippen LogP contribution >= 0.6 is 11.6 Å². The lowest BCUT2D eigenvalue weighted by Crippen LogP contribution is -2.10. The number of esters is 1. The number of methoxy groups -OCH3 is 2. The summed E-state index contributed by atoms with van der Waals surface area (Å²) < 4.78 is 15.4. The van der Waals surface area contributed by atoms with E-state index in [9.17, 15) is 9.59 Å². The molecule has 7 heteroatoms. The predicted molar refractivity (Wildman–Crippen MR) is 109 cm³/mol. The molecule has 2 aromatic carbocycles. The smallest absolute Gasteiger partial charge is 0.337 e. The van der Waals surface area contributed by atoms with E-state index in [4.69, 9.17) is 21.1 Å². The lowest BCUT2D eigenvalue weighted by Gasteiger charge is -2.10. The molecule has 6 nitrogen and oxygen atoms in total. The van der Waals surface area contributed by atoms with E-state index in [1.165, 1.54) is 38.5 Å². The molecule has 1 N–H and O–H groups in total. The van der Waals surface area contributed by atoms with Crippen LogP contribution in [-0.4, -0.2) is 32.7 Å². The van der Waals surface area contributed by atoms with E-state index in [1.807, 2.05) is 0 Å². The van der Waals surface area contributed by atoms with Crippen molar-refractivity contribution in [1.82, 2.24) is 0 Å². The van der Waals surface area contributed by atoms with E-state index >= 15 is 0 Å². The van der Waals surface area contributed by atoms with E-state index in [1.54, 1.807) is 30.4 Å². The minimum absolute atomic E-state index is 0.283. The SMILES string of the molecule is C=CCOc1ccc(/C=C/C(=O)Nc2cc(C(=O)OC)ccc2Cl)cc1OC. The molecule has 2 rings (SSSR count). The predicted octanol–water partition coefficient (Wildman–Crippen LogP) is 4.35. The van der Waals surface area contributed by atoms with Crippen LogP contribution in [0.2, 0.25) is 5.02 Å². The van der Waals surface area contributed by atoms with Gasteiger partial charge in [0.15, 0.2) is 11.5 Å². The lowest BCUT2D eigenvalue weighted by molar-refractivity contribution is -0.111. The van der Waals surface area contributed by atoms with Crippen molar-refractivity contribution in [3.8, 4) is 11.5 Å². The quantitative estimate of drug-likeness (QED) is 0.404. The summed E-state index contributed by atoms with van der Waals surface area (Å²) in [6.07, 6.45) is 4.60. The van der Waals surface area contributed by atoms with E-state index in [-0.39, 0.29) is 5.56 Å². The average molecular weight is 402 g/mol. The van der Waals surface area contributed by atoms with Gasteiger partial charge in [-0.2, -0.15) is 0 Å². The third kappa shape index (κ3) is 5.62. The van der Waals surface area contributed by atoms with Crippen LogP contribution in [-0.2, 0) is 9.53 Å². The molecule has 1 amide bonds. The van der Waals surface area contributed by atoms with E-state index < -0.39 is 11.9 Å². The number of nitrogens with one attached hydrogen (secondary N) is 1. The maximum atomic E-state index is 12.2. The van der Waals surface area contributed by atoms with Crippen molar-refractivity contribution in [2.75, 3.05) is 26.1 Å². The summed E-state index contributed by atoms with van der Waals surface area (Å²) in [6.45, 7) is 3.96. The number of ether oxygens (including phenoxy) is 3. The number of anilines is 1. The van der Waals surface area contributed by atoms with Crippen molar-refractivity contribution in [2.24, 2.45) is 0 Å². The van der Waals surface area contributed by atoms with Gasteiger partial charge >= 0.3 is 5.97 Å². The minimum atomic E-state index is -0.520. The van der Waals surface area contributed by atoms with Crippen LogP contribution < -0.4 is 14.8 Å². The third-order valence-corrected chi connectivity index (χ3v) is 3.95. The van der Waals surface area contributed by atoms with E-state index in [0.29, 0.717) is 28.8 Å². The Morgan fingerprint density at radius 1 is 1.14 bits per heavy atom. The summed E-state index contributed by atoms with van der Waals surface area (Å²) >= 11 is 6.08. The summed E-state index contributed by atoms with van der Waals surface area (Å²) in [5.74, 6) is 0.192. The van der Waals surface area contributed by atoms with Gasteiger partial charge in [0, 0.05) is 6.08 Å². The highest BCUT2D eigenvalue weighted by atomic mass is 35.5. The average Bonchev–Trinajstić information content (AvgIpc) is 2.71. The molecule has 0 aliphatic carbocycles. The highest BCUT2D eigenvalue weighted by molar-refractivity contribution is 6.34. The minimum Gasteiger partial charge on any atom is -0.493 e. The van der Waals surface area contributed by atoms with Gasteiger partial charge in [-0.3, -0.25) is 4.79 Å². The number of benzene rings is 2. The first kappa shape index (κ1) is 21.1. The van der Waals surface area contributed by atoms with Crippen LogP contribution in [0.1, 0.15) is 15.9 Å². The first-order valence-electron chi connectivity index (χ1n) is 8.27. The molecule has 0 unspecified atom stereocenters. The second-order valence-electron chi connectivity index (χ2n) is 5.52. The zero-order valence-electron chi connectivity index (χ0n) is 15.5. The molecule has 0 bridgehead atoms. The van der Waals surface area contributed by atoms with Crippen LogP contribution in [0.3, 0.4) is 0 Å². The highest BCUT2D eigenvalue weighted by Gasteiger charge is 2.10. The van der Waals surface area contributed by atoms with Crippen molar-refractivity contribution in [2.45, 2.75) is 0 Å². The number of halogens is 1. The summed E-state index contributed by atoms with van der Waals surface area (Å²) in [5.41, 5.74) is 1.34. The fourth-order valence-electron chi connectivity index (χ4n) is 2.27. The zero-order valence-corrected chi connectivity index (χ0v) is 16.3. The molecule has 0 aromatic heterocycles. The fourth-order valence-corrected chi connectivity index (χ4v) is 2.43. The van der Waals surface area contributed by atoms with Gasteiger partial charge in [0.1, 0.15) is 6.61 Å². The number of rotatable bonds is 8. The normalized spacial score (nSPS) is 10.4. The van der Waals surface area contributed by atoms with Gasteiger partial charge in [0.25, 0.3) is 0 Å². The van der Waals surface area contributed by atoms with E-state index in [0.717, 1.165) is 5.56 Å². The maximum absolute atomic E-state index is 12.2. The maximum Gasteiger partial charge on any atom is 0.337 e. The number of amides is 1. The van der Waals surface area contributed by atoms with Gasteiger partial charge in [-0.1, -0.05) is 30.3 Å². The number of hydrogen-bond donors (Lipinski definition) is 1. The Bertz CT molecular complexity index is 908. The Morgan fingerprint density at radius 2 is 1.93 bits per heavy atom. The van der Waals surface area contributed by atoms with Crippen molar-refractivity contribution in [3.63, 3.8) is 0 Å². The second-order valence-corrected chi connectivity index (χ2v) is 5.93. The standard InChI is InChI=1S/C21H20ClNO5/c1-4-11-28-18-9-5-14(12-19(18)26-2)6-10-20(24)23-17-13-15(21(25)27-3)7-8-16(17)22/h4-10,12-13H,1,11H2,2-3H3,(H,23,24)/b10-6+. The van der Waals surface area contributed by atoms with E-state index in [2.05, 4.69) is 16.6 Å². The largest absolute Gasteiger partial charge is 0.493 e. The van der Waals surface area contributed by atoms with Crippen LogP contribution in [0.5, 0.6) is 11.5 Å². The van der Waals surface area contributed by atoms with Crippen LogP contribution in [0.4, 0.5) is 5.69 Å². The van der Waals surface area contributed by atoms with Gasteiger partial charge in [0.2, 0.25) is 5.91 Å². The molecule has 0 heterocycles. The molecule has 0 spiro atoms. The van der Waals surface area contributed by atoms with Crippen LogP contribution in [0, 0.1) is 0 Å². The molecule has 0 aliphatic rings. The lowest BCUT2D eigenvalue weighted by atomic mass is 10.1. The summed E-state index contributed by atoms with van der Waals surface area (Å²) in [5, 5.41) is 2.94. The molecule has 0 aliphatic heterocycles. The second kappa shape index (κ2) is 10.2. The molecule has 28 heavy (non-hydrogen) atoms. The first-order valence-corrected chi connectivity index (χ1v) is 8.65.